The van der Waals surface area contributed by atoms with E-state index in [9.17, 15) is 9.59 Å². The summed E-state index contributed by atoms with van der Waals surface area (Å²) < 4.78 is 1.34. The third-order valence-corrected chi connectivity index (χ3v) is 2.68. The molecule has 20 heavy (non-hydrogen) atoms. The van der Waals surface area contributed by atoms with Crippen LogP contribution in [0.5, 0.6) is 0 Å². The lowest BCUT2D eigenvalue weighted by atomic mass is 10.2. The van der Waals surface area contributed by atoms with Gasteiger partial charge in [0.2, 0.25) is 0 Å². The maximum atomic E-state index is 11.6. The number of anilines is 1. The number of imide groups is 1. The molecule has 1 aromatic carbocycles. The van der Waals surface area contributed by atoms with E-state index in [1.54, 1.807) is 25.1 Å². The van der Waals surface area contributed by atoms with E-state index in [-0.39, 0.29) is 0 Å². The van der Waals surface area contributed by atoms with Crippen LogP contribution in [-0.4, -0.2) is 26.7 Å². The highest BCUT2D eigenvalue weighted by Gasteiger charge is 2.18. The molecule has 104 valence electrons. The van der Waals surface area contributed by atoms with Gasteiger partial charge in [0.15, 0.2) is 5.82 Å². The average molecular weight is 274 g/mol. The number of rotatable bonds is 3. The Morgan fingerprint density at radius 2 is 2.15 bits per heavy atom. The van der Waals surface area contributed by atoms with E-state index in [0.29, 0.717) is 11.5 Å². The van der Waals surface area contributed by atoms with Crippen molar-refractivity contribution in [1.82, 2.24) is 20.1 Å². The Hall–Kier alpha value is -2.90. The number of nitrogens with one attached hydrogen (secondary N) is 1. The molecule has 8 nitrogen and oxygen atoms in total. The quantitative estimate of drug-likeness (QED) is 0.692. The first-order valence-electron chi connectivity index (χ1n) is 5.84. The summed E-state index contributed by atoms with van der Waals surface area (Å²) in [6.45, 7) is 1.58. The number of aromatic nitrogens is 3. The van der Waals surface area contributed by atoms with Gasteiger partial charge in [-0.3, -0.25) is 10.1 Å². The van der Waals surface area contributed by atoms with Crippen molar-refractivity contribution < 1.29 is 9.59 Å². The van der Waals surface area contributed by atoms with Crippen LogP contribution in [0.3, 0.4) is 0 Å². The summed E-state index contributed by atoms with van der Waals surface area (Å²) in [5.41, 5.74) is 11.9. The number of carbonyl (C=O) groups excluding carboxylic acids is 2. The molecule has 0 aliphatic heterocycles. The number of primary amides is 1. The lowest BCUT2D eigenvalue weighted by molar-refractivity contribution is -0.122. The molecule has 2 aromatic rings. The molecule has 1 aromatic heterocycles. The number of hydrogen-bond acceptors (Lipinski definition) is 5. The number of carbonyl (C=O) groups is 2. The highest BCUT2D eigenvalue weighted by Crippen LogP contribution is 2.18. The molecule has 1 atom stereocenters. The Balaban J connectivity index is 2.20. The Labute approximate surface area is 114 Å². The fraction of sp³-hybridized carbons (Fsp3) is 0.167. The molecular formula is C12H14N6O2. The van der Waals surface area contributed by atoms with Gasteiger partial charge in [-0.25, -0.2) is 14.5 Å². The van der Waals surface area contributed by atoms with Gasteiger partial charge in [0.25, 0.3) is 5.91 Å². The molecule has 0 saturated carbocycles. The highest BCUT2D eigenvalue weighted by atomic mass is 16.2. The van der Waals surface area contributed by atoms with Gasteiger partial charge >= 0.3 is 6.03 Å². The van der Waals surface area contributed by atoms with E-state index in [1.807, 2.05) is 11.4 Å². The molecule has 3 amide bonds. The van der Waals surface area contributed by atoms with Crippen LogP contribution >= 0.6 is 0 Å². The lowest BCUT2D eigenvalue weighted by Crippen LogP contribution is -2.39. The van der Waals surface area contributed by atoms with Gasteiger partial charge < -0.3 is 11.5 Å². The van der Waals surface area contributed by atoms with Crippen molar-refractivity contribution in [2.45, 2.75) is 13.0 Å². The van der Waals surface area contributed by atoms with Crippen LogP contribution in [0, 0.1) is 0 Å². The first-order chi connectivity index (χ1) is 9.47. The van der Waals surface area contributed by atoms with Gasteiger partial charge in [-0.2, -0.15) is 5.10 Å². The summed E-state index contributed by atoms with van der Waals surface area (Å²) in [5, 5.41) is 6.18. The number of hydrogen-bond donors (Lipinski definition) is 3. The van der Waals surface area contributed by atoms with Gasteiger partial charge in [0.1, 0.15) is 12.4 Å². The number of amides is 3. The monoisotopic (exact) mass is 274 g/mol. The molecule has 1 unspecified atom stereocenters. The molecule has 2 rings (SSSR count). The second kappa shape index (κ2) is 5.39. The molecule has 0 spiro atoms. The van der Waals surface area contributed by atoms with Crippen LogP contribution in [0.4, 0.5) is 10.5 Å². The first kappa shape index (κ1) is 13.5. The van der Waals surface area contributed by atoms with E-state index in [4.69, 9.17) is 11.5 Å². The van der Waals surface area contributed by atoms with Crippen molar-refractivity contribution in [2.24, 2.45) is 5.73 Å². The molecule has 0 radical (unpaired) electrons. The van der Waals surface area contributed by atoms with Crippen molar-refractivity contribution in [3.8, 4) is 11.4 Å². The summed E-state index contributed by atoms with van der Waals surface area (Å²) in [7, 11) is 0. The lowest BCUT2D eigenvalue weighted by Gasteiger charge is -2.09. The van der Waals surface area contributed by atoms with Gasteiger partial charge in [-0.15, -0.1) is 0 Å². The van der Waals surface area contributed by atoms with Gasteiger partial charge in [-0.05, 0) is 19.1 Å². The summed E-state index contributed by atoms with van der Waals surface area (Å²) in [5.74, 6) is -0.113. The fourth-order valence-corrected chi connectivity index (χ4v) is 1.62. The zero-order valence-electron chi connectivity index (χ0n) is 10.8. The van der Waals surface area contributed by atoms with Gasteiger partial charge in [0, 0.05) is 11.3 Å². The molecule has 8 heteroatoms. The molecule has 0 aliphatic rings. The van der Waals surface area contributed by atoms with E-state index < -0.39 is 18.0 Å². The molecule has 0 saturated heterocycles. The summed E-state index contributed by atoms with van der Waals surface area (Å²) in [6, 6.07) is 5.47. The van der Waals surface area contributed by atoms with Crippen molar-refractivity contribution in [3.05, 3.63) is 30.6 Å². The number of nitrogens with two attached hydrogens (primary N) is 2. The van der Waals surface area contributed by atoms with Crippen LogP contribution < -0.4 is 16.8 Å². The SMILES string of the molecule is CC(C(=O)NC(N)=O)n1cnc(-c2cccc(N)c2)n1. The molecule has 0 fully saturated rings. The van der Waals surface area contributed by atoms with Crippen LogP contribution in [-0.2, 0) is 4.79 Å². The fourth-order valence-electron chi connectivity index (χ4n) is 1.62. The third kappa shape index (κ3) is 2.91. The Kier molecular flexibility index (Phi) is 3.65. The van der Waals surface area contributed by atoms with E-state index in [2.05, 4.69) is 10.1 Å². The van der Waals surface area contributed by atoms with Crippen molar-refractivity contribution >= 4 is 17.6 Å². The Morgan fingerprint density at radius 1 is 1.40 bits per heavy atom. The summed E-state index contributed by atoms with van der Waals surface area (Å²) >= 11 is 0. The van der Waals surface area contributed by atoms with Crippen molar-refractivity contribution in [1.29, 1.82) is 0 Å². The maximum absolute atomic E-state index is 11.6. The minimum atomic E-state index is -0.905. The normalized spacial score (nSPS) is 11.8. The van der Waals surface area contributed by atoms with Gasteiger partial charge in [-0.1, -0.05) is 12.1 Å². The molecule has 1 heterocycles. The topological polar surface area (TPSA) is 129 Å². The van der Waals surface area contributed by atoms with E-state index in [1.165, 1.54) is 11.0 Å². The predicted octanol–water partition coefficient (Wildman–Crippen LogP) is 0.283. The Bertz CT molecular complexity index is 651. The largest absolute Gasteiger partial charge is 0.399 e. The molecule has 5 N–H and O–H groups in total. The summed E-state index contributed by atoms with van der Waals surface area (Å²) in [4.78, 5) is 26.4. The van der Waals surface area contributed by atoms with Crippen LogP contribution in [0.15, 0.2) is 30.6 Å². The number of benzene rings is 1. The first-order valence-corrected chi connectivity index (χ1v) is 5.84. The van der Waals surface area contributed by atoms with E-state index >= 15 is 0 Å². The number of urea groups is 1. The van der Waals surface area contributed by atoms with E-state index in [0.717, 1.165) is 5.56 Å². The van der Waals surface area contributed by atoms with Crippen molar-refractivity contribution in [2.75, 3.05) is 5.73 Å². The maximum Gasteiger partial charge on any atom is 0.318 e. The zero-order valence-corrected chi connectivity index (χ0v) is 10.8. The van der Waals surface area contributed by atoms with Gasteiger partial charge in [0.05, 0.1) is 0 Å². The standard InChI is InChI=1S/C12H14N6O2/c1-7(11(19)16-12(14)20)18-6-15-10(17-18)8-3-2-4-9(13)5-8/h2-7H,13H2,1H3,(H3,14,16,19,20). The minimum Gasteiger partial charge on any atom is -0.399 e. The van der Waals surface area contributed by atoms with Crippen molar-refractivity contribution in [3.63, 3.8) is 0 Å². The highest BCUT2D eigenvalue weighted by molar-refractivity contribution is 5.95. The summed E-state index contributed by atoms with van der Waals surface area (Å²) in [6.07, 6.45) is 1.41. The third-order valence-electron chi connectivity index (χ3n) is 2.68. The average Bonchev–Trinajstić information content (AvgIpc) is 2.86. The second-order valence-electron chi connectivity index (χ2n) is 4.20. The van der Waals surface area contributed by atoms with Crippen LogP contribution in [0.1, 0.15) is 13.0 Å². The minimum absolute atomic E-state index is 0.441. The molecular weight excluding hydrogens is 260 g/mol. The van der Waals surface area contributed by atoms with Crippen LogP contribution in [0.25, 0.3) is 11.4 Å². The number of nitrogen functional groups attached to an aromatic ring is 1. The van der Waals surface area contributed by atoms with Crippen LogP contribution in [0.2, 0.25) is 0 Å². The molecule has 0 bridgehead atoms. The molecule has 0 aliphatic carbocycles. The number of nitrogens with zero attached hydrogens (tertiary/aromatic N) is 3. The Morgan fingerprint density at radius 3 is 2.80 bits per heavy atom. The second-order valence-corrected chi connectivity index (χ2v) is 4.20. The predicted molar refractivity (Wildman–Crippen MR) is 72.3 cm³/mol. The smallest absolute Gasteiger partial charge is 0.318 e. The zero-order chi connectivity index (χ0) is 14.7.